The van der Waals surface area contributed by atoms with Crippen LogP contribution >= 0.6 is 0 Å². The molecule has 0 aliphatic rings. The lowest BCUT2D eigenvalue weighted by Crippen LogP contribution is -2.04. The molecule has 0 spiro atoms. The molecule has 0 saturated carbocycles. The van der Waals surface area contributed by atoms with E-state index in [0.29, 0.717) is 5.75 Å². The van der Waals surface area contributed by atoms with E-state index in [1.807, 2.05) is 12.1 Å². The van der Waals surface area contributed by atoms with Gasteiger partial charge in [0.25, 0.3) is 0 Å². The van der Waals surface area contributed by atoms with Crippen LogP contribution in [0.1, 0.15) is 11.1 Å². The van der Waals surface area contributed by atoms with Gasteiger partial charge in [0.05, 0.1) is 6.42 Å². The fourth-order valence-corrected chi connectivity index (χ4v) is 1.97. The van der Waals surface area contributed by atoms with Crippen LogP contribution in [0, 0.1) is 0 Å². The molecule has 1 N–H and O–H groups in total. The minimum Gasteiger partial charge on any atom is -0.481 e. The van der Waals surface area contributed by atoms with Gasteiger partial charge in [-0.1, -0.05) is 24.3 Å². The fourth-order valence-electron chi connectivity index (χ4n) is 1.25. The third-order valence-electron chi connectivity index (χ3n) is 1.82. The maximum absolute atomic E-state index is 11.0. The van der Waals surface area contributed by atoms with Gasteiger partial charge in [-0.25, -0.2) is 0 Å². The number of carboxylic acid groups (broad SMARTS) is 1. The van der Waals surface area contributed by atoms with Gasteiger partial charge in [-0.05, 0) is 11.1 Å². The highest BCUT2D eigenvalue weighted by Crippen LogP contribution is 2.11. The molecule has 1 rings (SSSR count). The van der Waals surface area contributed by atoms with Gasteiger partial charge in [0.1, 0.15) is 0 Å². The lowest BCUT2D eigenvalue weighted by Gasteiger charge is -2.05. The van der Waals surface area contributed by atoms with E-state index in [1.165, 1.54) is 0 Å². The summed E-state index contributed by atoms with van der Waals surface area (Å²) in [5, 5.41) is 8.65. The zero-order chi connectivity index (χ0) is 10.6. The average molecular weight is 212 g/mol. The van der Waals surface area contributed by atoms with Crippen molar-refractivity contribution >= 4 is 16.8 Å². The van der Waals surface area contributed by atoms with Crippen molar-refractivity contribution < 1.29 is 14.1 Å². The highest BCUT2D eigenvalue weighted by atomic mass is 32.2. The summed E-state index contributed by atoms with van der Waals surface area (Å²) in [5.41, 5.74) is 1.60. The van der Waals surface area contributed by atoms with Crippen molar-refractivity contribution in [1.29, 1.82) is 0 Å². The first-order valence-corrected chi connectivity index (χ1v) is 5.91. The molecule has 14 heavy (non-hydrogen) atoms. The van der Waals surface area contributed by atoms with Gasteiger partial charge in [-0.2, -0.15) is 0 Å². The summed E-state index contributed by atoms with van der Waals surface area (Å²) in [5.74, 6) is -0.442. The first-order valence-electron chi connectivity index (χ1n) is 4.18. The molecule has 1 aromatic rings. The molecule has 0 aliphatic carbocycles. The van der Waals surface area contributed by atoms with Crippen LogP contribution in [0.15, 0.2) is 24.3 Å². The Hall–Kier alpha value is -1.16. The van der Waals surface area contributed by atoms with Gasteiger partial charge in [-0.15, -0.1) is 0 Å². The van der Waals surface area contributed by atoms with E-state index in [2.05, 4.69) is 0 Å². The minimum atomic E-state index is -0.935. The Bertz CT molecular complexity index is 325. The normalized spacial score (nSPS) is 12.4. The zero-order valence-electron chi connectivity index (χ0n) is 7.90. The lowest BCUT2D eigenvalue weighted by atomic mass is 10.1. The highest BCUT2D eigenvalue weighted by Gasteiger charge is 2.06. The molecule has 0 saturated heterocycles. The molecule has 0 bridgehead atoms. The van der Waals surface area contributed by atoms with Crippen LogP contribution in [0.25, 0.3) is 0 Å². The summed E-state index contributed by atoms with van der Waals surface area (Å²) in [6.45, 7) is 0. The summed E-state index contributed by atoms with van der Waals surface area (Å²) >= 11 is 0. The summed E-state index contributed by atoms with van der Waals surface area (Å²) in [6, 6.07) is 7.20. The predicted molar refractivity (Wildman–Crippen MR) is 55.6 cm³/mol. The zero-order valence-corrected chi connectivity index (χ0v) is 8.71. The van der Waals surface area contributed by atoms with E-state index in [1.54, 1.807) is 18.4 Å². The van der Waals surface area contributed by atoms with Crippen LogP contribution < -0.4 is 0 Å². The molecule has 3 nitrogen and oxygen atoms in total. The molecule has 1 aromatic carbocycles. The second-order valence-corrected chi connectivity index (χ2v) is 4.49. The Kier molecular flexibility index (Phi) is 3.83. The van der Waals surface area contributed by atoms with Crippen LogP contribution in [-0.2, 0) is 27.8 Å². The van der Waals surface area contributed by atoms with Gasteiger partial charge < -0.3 is 5.11 Å². The molecule has 0 aromatic heterocycles. The largest absolute Gasteiger partial charge is 0.481 e. The van der Waals surface area contributed by atoms with Gasteiger partial charge in [0.15, 0.2) is 0 Å². The van der Waals surface area contributed by atoms with Crippen molar-refractivity contribution in [1.82, 2.24) is 0 Å². The van der Waals surface area contributed by atoms with Crippen molar-refractivity contribution in [3.63, 3.8) is 0 Å². The third kappa shape index (κ3) is 3.30. The molecule has 76 valence electrons. The number of carbonyl (C=O) groups is 1. The quantitative estimate of drug-likeness (QED) is 0.815. The smallest absolute Gasteiger partial charge is 0.307 e. The van der Waals surface area contributed by atoms with Crippen molar-refractivity contribution in [3.8, 4) is 0 Å². The highest BCUT2D eigenvalue weighted by molar-refractivity contribution is 7.83. The molecular weight excluding hydrogens is 200 g/mol. The Labute approximate surface area is 85.2 Å². The van der Waals surface area contributed by atoms with Gasteiger partial charge in [0, 0.05) is 22.8 Å². The minimum absolute atomic E-state index is 0.00657. The summed E-state index contributed by atoms with van der Waals surface area (Å²) in [6.07, 6.45) is 1.60. The summed E-state index contributed by atoms with van der Waals surface area (Å²) in [7, 11) is -0.935. The first-order chi connectivity index (χ1) is 6.59. The SMILES string of the molecule is CS(=O)Cc1ccccc1CC(=O)O. The van der Waals surface area contributed by atoms with Crippen molar-refractivity contribution in [2.75, 3.05) is 6.26 Å². The monoisotopic (exact) mass is 212 g/mol. The van der Waals surface area contributed by atoms with Crippen molar-refractivity contribution in [3.05, 3.63) is 35.4 Å². The number of rotatable bonds is 4. The molecule has 1 unspecified atom stereocenters. The molecule has 0 fully saturated rings. The maximum Gasteiger partial charge on any atom is 0.307 e. The van der Waals surface area contributed by atoms with Crippen LogP contribution in [-0.4, -0.2) is 21.5 Å². The van der Waals surface area contributed by atoms with Crippen LogP contribution in [0.4, 0.5) is 0 Å². The molecule has 0 aliphatic heterocycles. The summed E-state index contributed by atoms with van der Waals surface area (Å²) in [4.78, 5) is 10.5. The lowest BCUT2D eigenvalue weighted by molar-refractivity contribution is -0.136. The maximum atomic E-state index is 11.0. The first kappa shape index (κ1) is 10.9. The molecule has 0 radical (unpaired) electrons. The van der Waals surface area contributed by atoms with Gasteiger partial charge >= 0.3 is 5.97 Å². The Balaban J connectivity index is 2.90. The van der Waals surface area contributed by atoms with E-state index in [9.17, 15) is 9.00 Å². The fraction of sp³-hybridized carbons (Fsp3) is 0.300. The number of hydrogen-bond acceptors (Lipinski definition) is 2. The molecule has 4 heteroatoms. The van der Waals surface area contributed by atoms with E-state index in [-0.39, 0.29) is 6.42 Å². The molecule has 0 heterocycles. The number of hydrogen-bond donors (Lipinski definition) is 1. The molecule has 1 atom stereocenters. The topological polar surface area (TPSA) is 54.4 Å². The summed E-state index contributed by atoms with van der Waals surface area (Å²) < 4.78 is 11.0. The number of benzene rings is 1. The Morgan fingerprint density at radius 1 is 1.36 bits per heavy atom. The van der Waals surface area contributed by atoms with E-state index in [4.69, 9.17) is 5.11 Å². The van der Waals surface area contributed by atoms with Gasteiger partial charge in [-0.3, -0.25) is 9.00 Å². The van der Waals surface area contributed by atoms with E-state index < -0.39 is 16.8 Å². The van der Waals surface area contributed by atoms with Crippen LogP contribution in [0.5, 0.6) is 0 Å². The van der Waals surface area contributed by atoms with Gasteiger partial charge in [0.2, 0.25) is 0 Å². The third-order valence-corrected chi connectivity index (χ3v) is 2.54. The van der Waals surface area contributed by atoms with Crippen molar-refractivity contribution in [2.45, 2.75) is 12.2 Å². The standard InChI is InChI=1S/C10H12O3S/c1-14(13)7-9-5-3-2-4-8(9)6-10(11)12/h2-5H,6-7H2,1H3,(H,11,12). The van der Waals surface area contributed by atoms with E-state index in [0.717, 1.165) is 11.1 Å². The van der Waals surface area contributed by atoms with Crippen molar-refractivity contribution in [2.24, 2.45) is 0 Å². The predicted octanol–water partition coefficient (Wildman–Crippen LogP) is 1.19. The molecule has 0 amide bonds. The average Bonchev–Trinajstić information content (AvgIpc) is 2.06. The number of carboxylic acids is 1. The van der Waals surface area contributed by atoms with Crippen LogP contribution in [0.3, 0.4) is 0 Å². The van der Waals surface area contributed by atoms with Crippen LogP contribution in [0.2, 0.25) is 0 Å². The van der Waals surface area contributed by atoms with E-state index >= 15 is 0 Å². The molecular formula is C10H12O3S. The Morgan fingerprint density at radius 2 is 1.93 bits per heavy atom. The second-order valence-electron chi connectivity index (χ2n) is 3.06. The number of aliphatic carboxylic acids is 1. The Morgan fingerprint density at radius 3 is 2.43 bits per heavy atom. The second kappa shape index (κ2) is 4.91.